The molecule has 1 aromatic carbocycles. The van der Waals surface area contributed by atoms with Gasteiger partial charge in [-0.05, 0) is 68.9 Å². The first-order valence-corrected chi connectivity index (χ1v) is 10.5. The summed E-state index contributed by atoms with van der Waals surface area (Å²) in [6.45, 7) is 9.15. The predicted octanol–water partition coefficient (Wildman–Crippen LogP) is 5.08. The Morgan fingerprint density at radius 1 is 1.26 bits per heavy atom. The van der Waals surface area contributed by atoms with Crippen LogP contribution in [0.5, 0.6) is 0 Å². The molecule has 1 unspecified atom stereocenters. The van der Waals surface area contributed by atoms with E-state index in [0.717, 1.165) is 44.9 Å². The van der Waals surface area contributed by atoms with Crippen molar-refractivity contribution in [1.29, 1.82) is 0 Å². The Hall–Kier alpha value is -1.19. The lowest BCUT2D eigenvalue weighted by Gasteiger charge is -2.37. The highest BCUT2D eigenvalue weighted by atomic mass is 16.5. The first-order valence-electron chi connectivity index (χ1n) is 10.5. The molecule has 0 aliphatic heterocycles. The highest BCUT2D eigenvalue weighted by molar-refractivity contribution is 5.82. The third-order valence-corrected chi connectivity index (χ3v) is 6.60. The molecule has 0 spiro atoms. The minimum atomic E-state index is -0.212. The van der Waals surface area contributed by atoms with E-state index in [1.807, 2.05) is 0 Å². The second-order valence-corrected chi connectivity index (χ2v) is 9.43. The van der Waals surface area contributed by atoms with Crippen LogP contribution in [-0.4, -0.2) is 30.7 Å². The minimum absolute atomic E-state index is 0.0261. The Kier molecular flexibility index (Phi) is 7.64. The van der Waals surface area contributed by atoms with Crippen molar-refractivity contribution in [3.8, 4) is 0 Å². The summed E-state index contributed by atoms with van der Waals surface area (Å²) in [7, 11) is 1.75. The second kappa shape index (κ2) is 9.34. The molecule has 1 atom stereocenters. The van der Waals surface area contributed by atoms with Crippen molar-refractivity contribution < 1.29 is 14.6 Å². The number of ether oxygens (including phenoxy) is 1. The Labute approximate surface area is 165 Å². The Balaban J connectivity index is 1.91. The summed E-state index contributed by atoms with van der Waals surface area (Å²) in [5.74, 6) is 0.859. The second-order valence-electron chi connectivity index (χ2n) is 9.43. The SMILES string of the molecule is COCC(C)(C)c1ccc(CC(C)CCC2(C(C)=O)CCC(O)CC2)cc1. The molecule has 0 saturated heterocycles. The van der Waals surface area contributed by atoms with Crippen molar-refractivity contribution in [3.05, 3.63) is 35.4 Å². The predicted molar refractivity (Wildman–Crippen MR) is 111 cm³/mol. The topological polar surface area (TPSA) is 46.5 Å². The molecule has 3 heteroatoms. The maximum Gasteiger partial charge on any atom is 0.135 e. The van der Waals surface area contributed by atoms with Crippen molar-refractivity contribution in [3.63, 3.8) is 0 Å². The molecule has 152 valence electrons. The summed E-state index contributed by atoms with van der Waals surface area (Å²) in [5.41, 5.74) is 2.49. The van der Waals surface area contributed by atoms with Crippen LogP contribution in [0.1, 0.15) is 77.3 Å². The Morgan fingerprint density at radius 3 is 2.37 bits per heavy atom. The van der Waals surface area contributed by atoms with Gasteiger partial charge in [-0.1, -0.05) is 45.0 Å². The van der Waals surface area contributed by atoms with Crippen LogP contribution in [0.3, 0.4) is 0 Å². The third kappa shape index (κ3) is 5.89. The van der Waals surface area contributed by atoms with E-state index in [2.05, 4.69) is 45.0 Å². The van der Waals surface area contributed by atoms with Gasteiger partial charge in [-0.25, -0.2) is 0 Å². The van der Waals surface area contributed by atoms with Gasteiger partial charge in [0.2, 0.25) is 0 Å². The van der Waals surface area contributed by atoms with Gasteiger partial charge in [0.15, 0.2) is 0 Å². The maximum absolute atomic E-state index is 12.3. The van der Waals surface area contributed by atoms with Gasteiger partial charge in [0.05, 0.1) is 12.7 Å². The molecular formula is C24H38O3. The summed E-state index contributed by atoms with van der Waals surface area (Å²) in [4.78, 5) is 12.3. The number of aliphatic hydroxyl groups is 1. The summed E-state index contributed by atoms with van der Waals surface area (Å²) < 4.78 is 5.34. The zero-order valence-electron chi connectivity index (χ0n) is 17.9. The number of methoxy groups -OCH3 is 1. The standard InChI is InChI=1S/C24H38O3/c1-18(10-13-24(19(2)25)14-11-22(26)12-15-24)16-20-6-8-21(9-7-20)23(3,4)17-27-5/h6-9,18,22,26H,10-17H2,1-5H3. The molecule has 1 aliphatic carbocycles. The van der Waals surface area contributed by atoms with Crippen molar-refractivity contribution in [2.24, 2.45) is 11.3 Å². The first kappa shape index (κ1) is 22.1. The molecule has 0 aromatic heterocycles. The van der Waals surface area contributed by atoms with E-state index in [1.54, 1.807) is 14.0 Å². The van der Waals surface area contributed by atoms with Crippen molar-refractivity contribution in [2.45, 2.75) is 84.2 Å². The van der Waals surface area contributed by atoms with Crippen molar-refractivity contribution in [2.75, 3.05) is 13.7 Å². The molecule has 2 rings (SSSR count). The van der Waals surface area contributed by atoms with Crippen LogP contribution in [0.4, 0.5) is 0 Å². The molecule has 0 amide bonds. The Bertz CT molecular complexity index is 595. The van der Waals surface area contributed by atoms with E-state index in [1.165, 1.54) is 11.1 Å². The molecule has 1 aliphatic rings. The molecular weight excluding hydrogens is 336 g/mol. The molecule has 1 saturated carbocycles. The van der Waals surface area contributed by atoms with E-state index in [0.29, 0.717) is 18.3 Å². The fraction of sp³-hybridized carbons (Fsp3) is 0.708. The van der Waals surface area contributed by atoms with Gasteiger partial charge in [0.25, 0.3) is 0 Å². The smallest absolute Gasteiger partial charge is 0.135 e. The number of benzene rings is 1. The lowest BCUT2D eigenvalue weighted by Crippen LogP contribution is -2.36. The number of carbonyl (C=O) groups is 1. The van der Waals surface area contributed by atoms with Crippen LogP contribution in [0.25, 0.3) is 0 Å². The summed E-state index contributed by atoms with van der Waals surface area (Å²) in [6.07, 6.45) is 6.08. The van der Waals surface area contributed by atoms with Crippen LogP contribution in [0.15, 0.2) is 24.3 Å². The van der Waals surface area contributed by atoms with Gasteiger partial charge in [0, 0.05) is 17.9 Å². The zero-order chi connectivity index (χ0) is 20.1. The molecule has 0 bridgehead atoms. The molecule has 0 heterocycles. The fourth-order valence-corrected chi connectivity index (χ4v) is 4.50. The molecule has 1 aromatic rings. The van der Waals surface area contributed by atoms with E-state index in [9.17, 15) is 9.90 Å². The number of ketones is 1. The zero-order valence-corrected chi connectivity index (χ0v) is 17.9. The van der Waals surface area contributed by atoms with E-state index in [4.69, 9.17) is 4.74 Å². The highest BCUT2D eigenvalue weighted by Crippen LogP contribution is 2.42. The lowest BCUT2D eigenvalue weighted by molar-refractivity contribution is -0.130. The van der Waals surface area contributed by atoms with Crippen LogP contribution in [0, 0.1) is 11.3 Å². The number of aliphatic hydroxyl groups excluding tert-OH is 1. The van der Waals surface area contributed by atoms with E-state index >= 15 is 0 Å². The summed E-state index contributed by atoms with van der Waals surface area (Å²) in [6, 6.07) is 8.92. The fourth-order valence-electron chi connectivity index (χ4n) is 4.50. The van der Waals surface area contributed by atoms with Gasteiger partial charge < -0.3 is 9.84 Å². The van der Waals surface area contributed by atoms with Gasteiger partial charge >= 0.3 is 0 Å². The molecule has 1 fully saturated rings. The molecule has 27 heavy (non-hydrogen) atoms. The maximum atomic E-state index is 12.3. The van der Waals surface area contributed by atoms with Crippen molar-refractivity contribution >= 4 is 5.78 Å². The minimum Gasteiger partial charge on any atom is -0.393 e. The highest BCUT2D eigenvalue weighted by Gasteiger charge is 2.38. The quantitative estimate of drug-likeness (QED) is 0.656. The monoisotopic (exact) mass is 374 g/mol. The Morgan fingerprint density at radius 2 is 1.85 bits per heavy atom. The third-order valence-electron chi connectivity index (χ3n) is 6.60. The lowest BCUT2D eigenvalue weighted by atomic mass is 9.67. The van der Waals surface area contributed by atoms with Crippen LogP contribution in [-0.2, 0) is 21.4 Å². The summed E-state index contributed by atoms with van der Waals surface area (Å²) in [5, 5.41) is 9.79. The van der Waals surface area contributed by atoms with Gasteiger partial charge in [-0.2, -0.15) is 0 Å². The van der Waals surface area contributed by atoms with Crippen LogP contribution < -0.4 is 0 Å². The normalized spacial score (nSPS) is 24.6. The summed E-state index contributed by atoms with van der Waals surface area (Å²) >= 11 is 0. The van der Waals surface area contributed by atoms with Crippen LogP contribution >= 0.6 is 0 Å². The van der Waals surface area contributed by atoms with E-state index < -0.39 is 0 Å². The number of hydrogen-bond donors (Lipinski definition) is 1. The number of rotatable bonds is 9. The first-order chi connectivity index (χ1) is 12.7. The molecule has 3 nitrogen and oxygen atoms in total. The van der Waals surface area contributed by atoms with Gasteiger partial charge in [0.1, 0.15) is 5.78 Å². The number of Topliss-reactive ketones (excluding diaryl/α,β-unsaturated/α-hetero) is 1. The largest absolute Gasteiger partial charge is 0.393 e. The molecule has 1 N–H and O–H groups in total. The van der Waals surface area contributed by atoms with Gasteiger partial charge in [-0.3, -0.25) is 4.79 Å². The molecule has 0 radical (unpaired) electrons. The van der Waals surface area contributed by atoms with Crippen LogP contribution in [0.2, 0.25) is 0 Å². The number of carbonyl (C=O) groups excluding carboxylic acids is 1. The van der Waals surface area contributed by atoms with Gasteiger partial charge in [-0.15, -0.1) is 0 Å². The average molecular weight is 375 g/mol. The number of hydrogen-bond acceptors (Lipinski definition) is 3. The average Bonchev–Trinajstić information content (AvgIpc) is 2.62. The van der Waals surface area contributed by atoms with E-state index in [-0.39, 0.29) is 16.9 Å². The van der Waals surface area contributed by atoms with Crippen molar-refractivity contribution in [1.82, 2.24) is 0 Å².